The predicted molar refractivity (Wildman–Crippen MR) is 69.0 cm³/mol. The summed E-state index contributed by atoms with van der Waals surface area (Å²) in [4.78, 5) is 13.3. The quantitative estimate of drug-likeness (QED) is 0.889. The highest BCUT2D eigenvalue weighted by Crippen LogP contribution is 2.24. The van der Waals surface area contributed by atoms with Crippen molar-refractivity contribution in [2.75, 3.05) is 20.2 Å². The minimum atomic E-state index is -0.895. The van der Waals surface area contributed by atoms with Gasteiger partial charge >= 0.3 is 5.97 Å². The molecular formula is C14H19NO3. The Labute approximate surface area is 107 Å². The van der Waals surface area contributed by atoms with E-state index in [1.807, 2.05) is 0 Å². The van der Waals surface area contributed by atoms with Crippen LogP contribution in [0, 0.1) is 5.92 Å². The molecule has 0 bridgehead atoms. The summed E-state index contributed by atoms with van der Waals surface area (Å²) < 4.78 is 5.30. The van der Waals surface area contributed by atoms with Gasteiger partial charge in [0, 0.05) is 18.7 Å². The molecule has 98 valence electrons. The maximum Gasteiger partial charge on any atom is 0.335 e. The van der Waals surface area contributed by atoms with Crippen molar-refractivity contribution in [2.45, 2.75) is 19.9 Å². The minimum Gasteiger partial charge on any atom is -0.496 e. The number of methoxy groups -OCH3 is 1. The lowest BCUT2D eigenvalue weighted by Crippen LogP contribution is -2.20. The second-order valence-corrected chi connectivity index (χ2v) is 4.96. The molecule has 1 atom stereocenters. The lowest BCUT2D eigenvalue weighted by molar-refractivity contribution is 0.0696. The zero-order chi connectivity index (χ0) is 13.1. The van der Waals surface area contributed by atoms with Crippen molar-refractivity contribution in [1.82, 2.24) is 4.90 Å². The molecular weight excluding hydrogens is 230 g/mol. The number of nitrogens with zero attached hydrogens (tertiary/aromatic N) is 1. The van der Waals surface area contributed by atoms with Gasteiger partial charge in [-0.15, -0.1) is 0 Å². The van der Waals surface area contributed by atoms with E-state index in [1.54, 1.807) is 25.3 Å². The van der Waals surface area contributed by atoms with E-state index in [-0.39, 0.29) is 0 Å². The van der Waals surface area contributed by atoms with Crippen LogP contribution in [0.25, 0.3) is 0 Å². The first-order valence-electron chi connectivity index (χ1n) is 6.22. The van der Waals surface area contributed by atoms with E-state index in [1.165, 1.54) is 6.42 Å². The van der Waals surface area contributed by atoms with Crippen molar-refractivity contribution in [3.8, 4) is 5.75 Å². The average Bonchev–Trinajstić information content (AvgIpc) is 2.74. The van der Waals surface area contributed by atoms with Gasteiger partial charge in [-0.3, -0.25) is 4.90 Å². The van der Waals surface area contributed by atoms with E-state index in [9.17, 15) is 4.79 Å². The molecule has 18 heavy (non-hydrogen) atoms. The Balaban J connectivity index is 2.18. The van der Waals surface area contributed by atoms with Gasteiger partial charge in [-0.1, -0.05) is 6.92 Å². The van der Waals surface area contributed by atoms with Crippen LogP contribution in [-0.2, 0) is 6.54 Å². The van der Waals surface area contributed by atoms with Crippen molar-refractivity contribution in [3.63, 3.8) is 0 Å². The molecule has 0 spiro atoms. The van der Waals surface area contributed by atoms with Crippen LogP contribution >= 0.6 is 0 Å². The summed E-state index contributed by atoms with van der Waals surface area (Å²) in [5, 5.41) is 9.02. The number of carbonyl (C=O) groups is 1. The average molecular weight is 249 g/mol. The standard InChI is InChI=1S/C14H19NO3/c1-10-5-6-15(8-10)9-12-7-11(14(16)17)3-4-13(12)18-2/h3-4,7,10H,5-6,8-9H2,1-2H3,(H,16,17). The first-order chi connectivity index (χ1) is 8.60. The molecule has 1 N–H and O–H groups in total. The third-order valence-electron chi connectivity index (χ3n) is 3.43. The summed E-state index contributed by atoms with van der Waals surface area (Å²) in [6, 6.07) is 5.03. The first kappa shape index (κ1) is 12.9. The van der Waals surface area contributed by atoms with Crippen LogP contribution < -0.4 is 4.74 Å². The number of ether oxygens (including phenoxy) is 1. The molecule has 0 radical (unpaired) electrons. The Bertz CT molecular complexity index is 445. The van der Waals surface area contributed by atoms with Gasteiger partial charge in [0.15, 0.2) is 0 Å². The van der Waals surface area contributed by atoms with Crippen molar-refractivity contribution in [3.05, 3.63) is 29.3 Å². The topological polar surface area (TPSA) is 49.8 Å². The largest absolute Gasteiger partial charge is 0.496 e. The Hall–Kier alpha value is -1.55. The SMILES string of the molecule is COc1ccc(C(=O)O)cc1CN1CCC(C)C1. The van der Waals surface area contributed by atoms with Gasteiger partial charge in [0.05, 0.1) is 12.7 Å². The monoisotopic (exact) mass is 249 g/mol. The van der Waals surface area contributed by atoms with Crippen molar-refractivity contribution >= 4 is 5.97 Å². The van der Waals surface area contributed by atoms with Crippen molar-refractivity contribution in [1.29, 1.82) is 0 Å². The molecule has 1 aromatic carbocycles. The summed E-state index contributed by atoms with van der Waals surface area (Å²) >= 11 is 0. The van der Waals surface area contributed by atoms with Gasteiger partial charge in [0.25, 0.3) is 0 Å². The number of likely N-dealkylation sites (tertiary alicyclic amines) is 1. The Kier molecular flexibility index (Phi) is 3.87. The van der Waals surface area contributed by atoms with Crippen LogP contribution in [-0.4, -0.2) is 36.2 Å². The molecule has 2 rings (SSSR count). The fourth-order valence-electron chi connectivity index (χ4n) is 2.45. The summed E-state index contributed by atoms with van der Waals surface area (Å²) in [6.45, 7) is 5.14. The van der Waals surface area contributed by atoms with Gasteiger partial charge < -0.3 is 9.84 Å². The van der Waals surface area contributed by atoms with Crippen LogP contribution in [0.1, 0.15) is 29.3 Å². The third-order valence-corrected chi connectivity index (χ3v) is 3.43. The van der Waals surface area contributed by atoms with Crippen LogP contribution in [0.4, 0.5) is 0 Å². The molecule has 0 aliphatic carbocycles. The smallest absolute Gasteiger partial charge is 0.335 e. The highest BCUT2D eigenvalue weighted by molar-refractivity contribution is 5.88. The van der Waals surface area contributed by atoms with E-state index >= 15 is 0 Å². The van der Waals surface area contributed by atoms with Crippen molar-refractivity contribution < 1.29 is 14.6 Å². The summed E-state index contributed by atoms with van der Waals surface area (Å²) in [5.74, 6) is 0.590. The second-order valence-electron chi connectivity index (χ2n) is 4.96. The molecule has 4 heteroatoms. The van der Waals surface area contributed by atoms with E-state index in [2.05, 4.69) is 11.8 Å². The van der Waals surface area contributed by atoms with E-state index < -0.39 is 5.97 Å². The first-order valence-corrected chi connectivity index (χ1v) is 6.22. The molecule has 1 saturated heterocycles. The number of carboxylic acids is 1. The number of hydrogen-bond donors (Lipinski definition) is 1. The molecule has 1 aliphatic heterocycles. The molecule has 1 aliphatic rings. The molecule has 4 nitrogen and oxygen atoms in total. The number of hydrogen-bond acceptors (Lipinski definition) is 3. The van der Waals surface area contributed by atoms with Gasteiger partial charge in [-0.25, -0.2) is 4.79 Å². The van der Waals surface area contributed by atoms with Gasteiger partial charge in [-0.05, 0) is 37.1 Å². The highest BCUT2D eigenvalue weighted by atomic mass is 16.5. The Morgan fingerprint density at radius 3 is 2.89 bits per heavy atom. The van der Waals surface area contributed by atoms with Crippen LogP contribution in [0.5, 0.6) is 5.75 Å². The maximum absolute atomic E-state index is 11.0. The summed E-state index contributed by atoms with van der Waals surface area (Å²) in [5.41, 5.74) is 1.27. The van der Waals surface area contributed by atoms with Gasteiger partial charge in [-0.2, -0.15) is 0 Å². The summed E-state index contributed by atoms with van der Waals surface area (Å²) in [6.07, 6.45) is 1.21. The molecule has 1 heterocycles. The zero-order valence-electron chi connectivity index (χ0n) is 10.8. The van der Waals surface area contributed by atoms with E-state index in [0.717, 1.165) is 36.9 Å². The zero-order valence-corrected chi connectivity index (χ0v) is 10.8. The fourth-order valence-corrected chi connectivity index (χ4v) is 2.45. The van der Waals surface area contributed by atoms with Crippen molar-refractivity contribution in [2.24, 2.45) is 5.92 Å². The maximum atomic E-state index is 11.0. The van der Waals surface area contributed by atoms with Crippen LogP contribution in [0.3, 0.4) is 0 Å². The molecule has 1 unspecified atom stereocenters. The van der Waals surface area contributed by atoms with Crippen LogP contribution in [0.15, 0.2) is 18.2 Å². The van der Waals surface area contributed by atoms with Gasteiger partial charge in [0.1, 0.15) is 5.75 Å². The number of carboxylic acid groups (broad SMARTS) is 1. The molecule has 0 amide bonds. The second kappa shape index (κ2) is 5.40. The normalized spacial score (nSPS) is 20.0. The predicted octanol–water partition coefficient (Wildman–Crippen LogP) is 2.24. The lowest BCUT2D eigenvalue weighted by Gasteiger charge is -2.17. The fraction of sp³-hybridized carbons (Fsp3) is 0.500. The molecule has 0 aromatic heterocycles. The Morgan fingerprint density at radius 1 is 1.56 bits per heavy atom. The van der Waals surface area contributed by atoms with E-state index in [4.69, 9.17) is 9.84 Å². The Morgan fingerprint density at radius 2 is 2.33 bits per heavy atom. The highest BCUT2D eigenvalue weighted by Gasteiger charge is 2.20. The molecule has 0 saturated carbocycles. The van der Waals surface area contributed by atoms with Gasteiger partial charge in [0.2, 0.25) is 0 Å². The molecule has 1 fully saturated rings. The lowest BCUT2D eigenvalue weighted by atomic mass is 10.1. The number of benzene rings is 1. The number of rotatable bonds is 4. The summed E-state index contributed by atoms with van der Waals surface area (Å²) in [7, 11) is 1.62. The molecule has 1 aromatic rings. The minimum absolute atomic E-state index is 0.318. The van der Waals surface area contributed by atoms with Crippen LogP contribution in [0.2, 0.25) is 0 Å². The third kappa shape index (κ3) is 2.82. The van der Waals surface area contributed by atoms with E-state index in [0.29, 0.717) is 5.56 Å². The number of aromatic carboxylic acids is 1.